The Morgan fingerprint density at radius 1 is 1.23 bits per heavy atom. The van der Waals surface area contributed by atoms with E-state index in [9.17, 15) is 0 Å². The fraction of sp³-hybridized carbons (Fsp3) is 0.412. The van der Waals surface area contributed by atoms with Gasteiger partial charge in [0.2, 0.25) is 5.88 Å². The van der Waals surface area contributed by atoms with Crippen molar-refractivity contribution in [3.8, 4) is 5.88 Å². The molecule has 1 atom stereocenters. The molecule has 0 amide bonds. The van der Waals surface area contributed by atoms with Crippen molar-refractivity contribution in [1.82, 2.24) is 9.97 Å². The predicted molar refractivity (Wildman–Crippen MR) is 85.3 cm³/mol. The van der Waals surface area contributed by atoms with E-state index in [2.05, 4.69) is 34.2 Å². The summed E-state index contributed by atoms with van der Waals surface area (Å²) in [4.78, 5) is 8.08. The van der Waals surface area contributed by atoms with E-state index in [1.807, 2.05) is 6.07 Å². The summed E-state index contributed by atoms with van der Waals surface area (Å²) in [6.45, 7) is 2.14. The Morgan fingerprint density at radius 2 is 2.09 bits per heavy atom. The van der Waals surface area contributed by atoms with Crippen LogP contribution < -0.4 is 4.74 Å². The zero-order valence-corrected chi connectivity index (χ0v) is 13.1. The van der Waals surface area contributed by atoms with E-state index in [0.29, 0.717) is 17.6 Å². The summed E-state index contributed by atoms with van der Waals surface area (Å²) in [5, 5.41) is 0.344. The van der Waals surface area contributed by atoms with E-state index < -0.39 is 0 Å². The van der Waals surface area contributed by atoms with Crippen molar-refractivity contribution < 1.29 is 9.47 Å². The van der Waals surface area contributed by atoms with Crippen LogP contribution in [0.2, 0.25) is 5.15 Å². The van der Waals surface area contributed by atoms with Crippen LogP contribution in [0, 0.1) is 0 Å². The maximum atomic E-state index is 5.82. The quantitative estimate of drug-likeness (QED) is 0.844. The lowest BCUT2D eigenvalue weighted by molar-refractivity contribution is 0.0240. The Labute approximate surface area is 135 Å². The van der Waals surface area contributed by atoms with E-state index in [-0.39, 0.29) is 5.41 Å². The fourth-order valence-corrected chi connectivity index (χ4v) is 3.10. The third-order valence-electron chi connectivity index (χ3n) is 4.12. The zero-order chi connectivity index (χ0) is 15.3. The van der Waals surface area contributed by atoms with Crippen LogP contribution in [0.3, 0.4) is 0 Å². The number of hydrogen-bond donors (Lipinski definition) is 0. The van der Waals surface area contributed by atoms with Crippen LogP contribution in [0.25, 0.3) is 0 Å². The lowest BCUT2D eigenvalue weighted by Gasteiger charge is -2.37. The maximum absolute atomic E-state index is 5.82. The minimum atomic E-state index is 0.0194. The molecule has 0 spiro atoms. The molecule has 5 heteroatoms. The summed E-state index contributed by atoms with van der Waals surface area (Å²) in [5.41, 5.74) is 1.33. The predicted octanol–water partition coefficient (Wildman–Crippen LogP) is 3.65. The van der Waals surface area contributed by atoms with Crippen LogP contribution >= 0.6 is 11.6 Å². The van der Waals surface area contributed by atoms with Gasteiger partial charge in [-0.2, -0.15) is 4.98 Å². The highest BCUT2D eigenvalue weighted by molar-refractivity contribution is 6.29. The first kappa shape index (κ1) is 15.3. The highest BCUT2D eigenvalue weighted by Gasteiger charge is 2.34. The van der Waals surface area contributed by atoms with Crippen molar-refractivity contribution in [3.63, 3.8) is 0 Å². The number of nitrogens with zero attached hydrogens (tertiary/aromatic N) is 2. The molecule has 0 radical (unpaired) electrons. The maximum Gasteiger partial charge on any atom is 0.233 e. The molecule has 0 N–H and O–H groups in total. The molecule has 2 aromatic rings. The highest BCUT2D eigenvalue weighted by atomic mass is 35.5. The second kappa shape index (κ2) is 7.07. The van der Waals surface area contributed by atoms with Gasteiger partial charge in [0, 0.05) is 12.0 Å². The van der Waals surface area contributed by atoms with Gasteiger partial charge >= 0.3 is 0 Å². The van der Waals surface area contributed by atoms with E-state index >= 15 is 0 Å². The normalized spacial score (nSPS) is 21.5. The molecule has 1 unspecified atom stereocenters. The number of aromatic nitrogens is 2. The number of rotatable bonds is 5. The number of hydrogen-bond acceptors (Lipinski definition) is 4. The largest absolute Gasteiger partial charge is 0.477 e. The molecule has 2 heterocycles. The Hall–Kier alpha value is -1.65. The summed E-state index contributed by atoms with van der Waals surface area (Å²) in [6.07, 6.45) is 6.14. The molecule has 0 saturated carbocycles. The average molecular weight is 319 g/mol. The molecule has 1 aromatic carbocycles. The molecular weight excluding hydrogens is 300 g/mol. The van der Waals surface area contributed by atoms with Crippen molar-refractivity contribution >= 4 is 11.6 Å². The molecular formula is C17H19ClN2O2. The molecule has 3 rings (SSSR count). The van der Waals surface area contributed by atoms with Crippen LogP contribution in [0.1, 0.15) is 24.8 Å². The Kier molecular flexibility index (Phi) is 4.90. The first-order chi connectivity index (χ1) is 10.8. The molecule has 1 aliphatic rings. The van der Waals surface area contributed by atoms with Crippen LogP contribution in [-0.2, 0) is 10.2 Å². The van der Waals surface area contributed by atoms with Gasteiger partial charge in [-0.05, 0) is 24.8 Å². The van der Waals surface area contributed by atoms with Gasteiger partial charge in [0.25, 0.3) is 0 Å². The number of benzene rings is 1. The van der Waals surface area contributed by atoms with Gasteiger partial charge in [0.15, 0.2) is 5.15 Å². The standard InChI is InChI=1S/C17H19ClN2O2/c18-15-11-19-12-16(20-15)22-10-8-17(7-4-9-21-13-17)14-5-2-1-3-6-14/h1-3,5-6,11-12H,4,7-10,13H2. The Morgan fingerprint density at radius 3 is 2.82 bits per heavy atom. The fourth-order valence-electron chi connectivity index (χ4n) is 2.96. The topological polar surface area (TPSA) is 44.2 Å². The van der Waals surface area contributed by atoms with Gasteiger partial charge in [0.1, 0.15) is 0 Å². The SMILES string of the molecule is Clc1cncc(OCCC2(c3ccccc3)CCCOC2)n1. The monoisotopic (exact) mass is 318 g/mol. The van der Waals surface area contributed by atoms with Gasteiger partial charge < -0.3 is 9.47 Å². The second-order valence-electron chi connectivity index (χ2n) is 5.58. The minimum Gasteiger partial charge on any atom is -0.477 e. The molecule has 22 heavy (non-hydrogen) atoms. The van der Waals surface area contributed by atoms with Gasteiger partial charge in [-0.15, -0.1) is 0 Å². The molecule has 0 aliphatic carbocycles. The van der Waals surface area contributed by atoms with E-state index in [1.54, 1.807) is 6.20 Å². The summed E-state index contributed by atoms with van der Waals surface area (Å²) in [5.74, 6) is 0.465. The van der Waals surface area contributed by atoms with Gasteiger partial charge in [0.05, 0.1) is 25.6 Å². The first-order valence-corrected chi connectivity index (χ1v) is 7.90. The second-order valence-corrected chi connectivity index (χ2v) is 5.97. The van der Waals surface area contributed by atoms with Crippen LogP contribution in [0.4, 0.5) is 0 Å². The van der Waals surface area contributed by atoms with Gasteiger partial charge in [-0.1, -0.05) is 41.9 Å². The van der Waals surface area contributed by atoms with E-state index in [4.69, 9.17) is 21.1 Å². The van der Waals surface area contributed by atoms with Gasteiger partial charge in [-0.3, -0.25) is 4.98 Å². The Balaban J connectivity index is 1.68. The van der Waals surface area contributed by atoms with Crippen molar-refractivity contribution in [1.29, 1.82) is 0 Å². The molecule has 1 aliphatic heterocycles. The average Bonchev–Trinajstić information content (AvgIpc) is 2.57. The number of halogens is 1. The number of ether oxygens (including phenoxy) is 2. The molecule has 116 valence electrons. The smallest absolute Gasteiger partial charge is 0.233 e. The van der Waals surface area contributed by atoms with Crippen LogP contribution in [0.15, 0.2) is 42.7 Å². The van der Waals surface area contributed by atoms with Crippen molar-refractivity contribution in [2.24, 2.45) is 0 Å². The lowest BCUT2D eigenvalue weighted by Crippen LogP contribution is -2.37. The van der Waals surface area contributed by atoms with Crippen molar-refractivity contribution in [2.75, 3.05) is 19.8 Å². The van der Waals surface area contributed by atoms with Gasteiger partial charge in [-0.25, -0.2) is 0 Å². The summed E-state index contributed by atoms with van der Waals surface area (Å²) in [6, 6.07) is 10.5. The molecule has 1 saturated heterocycles. The third-order valence-corrected chi connectivity index (χ3v) is 4.30. The molecule has 4 nitrogen and oxygen atoms in total. The zero-order valence-electron chi connectivity index (χ0n) is 12.4. The summed E-state index contributed by atoms with van der Waals surface area (Å²) >= 11 is 5.82. The van der Waals surface area contributed by atoms with Crippen LogP contribution in [0.5, 0.6) is 5.88 Å². The molecule has 1 fully saturated rings. The lowest BCUT2D eigenvalue weighted by atomic mass is 9.74. The van der Waals surface area contributed by atoms with E-state index in [0.717, 1.165) is 32.5 Å². The summed E-state index contributed by atoms with van der Waals surface area (Å²) < 4.78 is 11.5. The van der Waals surface area contributed by atoms with E-state index in [1.165, 1.54) is 11.8 Å². The third kappa shape index (κ3) is 3.57. The van der Waals surface area contributed by atoms with Crippen molar-refractivity contribution in [3.05, 3.63) is 53.4 Å². The molecule has 1 aromatic heterocycles. The summed E-state index contributed by atoms with van der Waals surface area (Å²) in [7, 11) is 0. The highest BCUT2D eigenvalue weighted by Crippen LogP contribution is 2.36. The Bertz CT molecular complexity index is 601. The minimum absolute atomic E-state index is 0.0194. The van der Waals surface area contributed by atoms with Crippen LogP contribution in [-0.4, -0.2) is 29.8 Å². The first-order valence-electron chi connectivity index (χ1n) is 7.52. The van der Waals surface area contributed by atoms with Crippen molar-refractivity contribution in [2.45, 2.75) is 24.7 Å². The molecule has 0 bridgehead atoms.